The normalized spacial score (nSPS) is 18.3. The highest BCUT2D eigenvalue weighted by atomic mass is 16.2. The molecule has 94 valence electrons. The van der Waals surface area contributed by atoms with Crippen molar-refractivity contribution in [3.63, 3.8) is 0 Å². The Morgan fingerprint density at radius 1 is 1.28 bits per heavy atom. The molecule has 0 unspecified atom stereocenters. The largest absolute Gasteiger partial charge is 0.314 e. The Labute approximate surface area is 105 Å². The third-order valence-electron chi connectivity index (χ3n) is 3.34. The van der Waals surface area contributed by atoms with Gasteiger partial charge in [0.1, 0.15) is 0 Å². The molecule has 1 N–H and O–H groups in total. The lowest BCUT2D eigenvalue weighted by molar-refractivity contribution is 0.0652. The number of imide groups is 1. The minimum Gasteiger partial charge on any atom is -0.314 e. The number of nitrogens with zero attached hydrogens (tertiary/aromatic N) is 2. The van der Waals surface area contributed by atoms with Gasteiger partial charge in [-0.05, 0) is 31.9 Å². The predicted molar refractivity (Wildman–Crippen MR) is 65.2 cm³/mol. The van der Waals surface area contributed by atoms with Crippen molar-refractivity contribution in [1.82, 2.24) is 15.2 Å². The van der Waals surface area contributed by atoms with E-state index in [-0.39, 0.29) is 11.8 Å². The highest BCUT2D eigenvalue weighted by Crippen LogP contribution is 2.22. The highest BCUT2D eigenvalue weighted by molar-refractivity contribution is 6.21. The van der Waals surface area contributed by atoms with Crippen LogP contribution in [0.4, 0.5) is 0 Å². The Balaban J connectivity index is 1.60. The average Bonchev–Trinajstić information content (AvgIpc) is 3.18. The Hall–Kier alpha value is -1.75. The molecule has 1 fully saturated rings. The van der Waals surface area contributed by atoms with Gasteiger partial charge in [0.25, 0.3) is 11.8 Å². The fourth-order valence-electron chi connectivity index (χ4n) is 2.17. The van der Waals surface area contributed by atoms with Crippen molar-refractivity contribution in [2.24, 2.45) is 0 Å². The number of carbonyl (C=O) groups is 2. The van der Waals surface area contributed by atoms with Crippen LogP contribution in [0.2, 0.25) is 0 Å². The minimum absolute atomic E-state index is 0.191. The van der Waals surface area contributed by atoms with Crippen LogP contribution in [-0.2, 0) is 0 Å². The van der Waals surface area contributed by atoms with Crippen LogP contribution in [0, 0.1) is 0 Å². The molecule has 0 saturated heterocycles. The van der Waals surface area contributed by atoms with Gasteiger partial charge < -0.3 is 5.32 Å². The van der Waals surface area contributed by atoms with Crippen molar-refractivity contribution in [2.75, 3.05) is 13.1 Å². The van der Waals surface area contributed by atoms with E-state index in [2.05, 4.69) is 10.3 Å². The van der Waals surface area contributed by atoms with Gasteiger partial charge in [-0.1, -0.05) is 0 Å². The number of aromatic nitrogens is 1. The summed E-state index contributed by atoms with van der Waals surface area (Å²) in [5.41, 5.74) is 0.905. The van der Waals surface area contributed by atoms with Crippen molar-refractivity contribution in [3.05, 3.63) is 29.6 Å². The summed E-state index contributed by atoms with van der Waals surface area (Å²) in [6, 6.07) is 2.27. The number of nitrogens with one attached hydrogen (secondary N) is 1. The molecule has 18 heavy (non-hydrogen) atoms. The van der Waals surface area contributed by atoms with Crippen LogP contribution >= 0.6 is 0 Å². The van der Waals surface area contributed by atoms with E-state index >= 15 is 0 Å². The zero-order valence-corrected chi connectivity index (χ0v) is 10.1. The molecule has 1 aliphatic carbocycles. The molecule has 0 aromatic carbocycles. The highest BCUT2D eigenvalue weighted by Gasteiger charge is 2.35. The topological polar surface area (TPSA) is 62.3 Å². The van der Waals surface area contributed by atoms with Crippen molar-refractivity contribution in [1.29, 1.82) is 0 Å². The van der Waals surface area contributed by atoms with Gasteiger partial charge in [0.2, 0.25) is 0 Å². The van der Waals surface area contributed by atoms with Gasteiger partial charge in [-0.2, -0.15) is 0 Å². The number of carbonyl (C=O) groups excluding carboxylic acids is 2. The number of amides is 2. The van der Waals surface area contributed by atoms with E-state index in [4.69, 9.17) is 0 Å². The van der Waals surface area contributed by atoms with Gasteiger partial charge in [-0.3, -0.25) is 19.5 Å². The first-order chi connectivity index (χ1) is 8.77. The number of hydrogen-bond donors (Lipinski definition) is 1. The molecular weight excluding hydrogens is 230 g/mol. The minimum atomic E-state index is -0.213. The second-order valence-corrected chi connectivity index (χ2v) is 4.77. The van der Waals surface area contributed by atoms with Crippen LogP contribution in [0.5, 0.6) is 0 Å². The van der Waals surface area contributed by atoms with Gasteiger partial charge in [-0.25, -0.2) is 0 Å². The Bertz CT molecular complexity index is 462. The number of hydrogen-bond acceptors (Lipinski definition) is 4. The Morgan fingerprint density at radius 2 is 2.06 bits per heavy atom. The van der Waals surface area contributed by atoms with Crippen molar-refractivity contribution >= 4 is 11.8 Å². The van der Waals surface area contributed by atoms with Crippen LogP contribution in [0.3, 0.4) is 0 Å². The van der Waals surface area contributed by atoms with E-state index in [0.29, 0.717) is 23.7 Å². The van der Waals surface area contributed by atoms with E-state index in [1.54, 1.807) is 12.3 Å². The molecule has 5 heteroatoms. The van der Waals surface area contributed by atoms with Gasteiger partial charge >= 0.3 is 0 Å². The maximum atomic E-state index is 12.0. The first kappa shape index (κ1) is 11.3. The van der Waals surface area contributed by atoms with E-state index in [0.717, 1.165) is 13.0 Å². The van der Waals surface area contributed by atoms with E-state index in [1.807, 2.05) is 0 Å². The van der Waals surface area contributed by atoms with E-state index in [1.165, 1.54) is 23.9 Å². The zero-order chi connectivity index (χ0) is 12.5. The summed E-state index contributed by atoms with van der Waals surface area (Å²) in [5.74, 6) is -0.404. The molecule has 1 aromatic rings. The Kier molecular flexibility index (Phi) is 2.83. The quantitative estimate of drug-likeness (QED) is 0.616. The summed E-state index contributed by atoms with van der Waals surface area (Å²) >= 11 is 0. The predicted octanol–water partition coefficient (Wildman–Crippen LogP) is 0.820. The molecule has 0 spiro atoms. The molecule has 2 heterocycles. The monoisotopic (exact) mass is 245 g/mol. The summed E-state index contributed by atoms with van der Waals surface area (Å²) < 4.78 is 0. The molecule has 2 amide bonds. The van der Waals surface area contributed by atoms with E-state index in [9.17, 15) is 9.59 Å². The zero-order valence-electron chi connectivity index (χ0n) is 10.1. The fourth-order valence-corrected chi connectivity index (χ4v) is 2.17. The first-order valence-electron chi connectivity index (χ1n) is 6.31. The summed E-state index contributed by atoms with van der Waals surface area (Å²) in [7, 11) is 0. The molecule has 1 aromatic heterocycles. The maximum absolute atomic E-state index is 12.0. The Morgan fingerprint density at radius 3 is 2.78 bits per heavy atom. The standard InChI is InChI=1S/C13H15N3O2/c17-12-10-4-6-14-8-11(10)13(18)16(12)7-1-5-15-9-2-3-9/h4,6,8-9,15H,1-3,5,7H2. The van der Waals surface area contributed by atoms with Gasteiger partial charge in [0, 0.05) is 25.0 Å². The van der Waals surface area contributed by atoms with Crippen LogP contribution < -0.4 is 5.32 Å². The van der Waals surface area contributed by atoms with Crippen LogP contribution in [0.25, 0.3) is 0 Å². The summed E-state index contributed by atoms with van der Waals surface area (Å²) in [5, 5.41) is 3.37. The van der Waals surface area contributed by atoms with Gasteiger partial charge in [-0.15, -0.1) is 0 Å². The summed E-state index contributed by atoms with van der Waals surface area (Å²) in [4.78, 5) is 29.2. The van der Waals surface area contributed by atoms with Gasteiger partial charge in [0.05, 0.1) is 11.1 Å². The van der Waals surface area contributed by atoms with Crippen LogP contribution in [-0.4, -0.2) is 40.8 Å². The van der Waals surface area contributed by atoms with E-state index < -0.39 is 0 Å². The SMILES string of the molecule is O=C1c2ccncc2C(=O)N1CCCNC1CC1. The second kappa shape index (κ2) is 4.49. The first-order valence-corrected chi connectivity index (χ1v) is 6.31. The van der Waals surface area contributed by atoms with Gasteiger partial charge in [0.15, 0.2) is 0 Å². The molecular formula is C13H15N3O2. The van der Waals surface area contributed by atoms with Crippen molar-refractivity contribution in [2.45, 2.75) is 25.3 Å². The molecule has 0 radical (unpaired) electrons. The third kappa shape index (κ3) is 2.01. The molecule has 5 nitrogen and oxygen atoms in total. The molecule has 1 saturated carbocycles. The lowest BCUT2D eigenvalue weighted by atomic mass is 10.2. The third-order valence-corrected chi connectivity index (χ3v) is 3.34. The number of fused-ring (bicyclic) bond motifs is 1. The van der Waals surface area contributed by atoms with Crippen molar-refractivity contribution in [3.8, 4) is 0 Å². The maximum Gasteiger partial charge on any atom is 0.263 e. The lowest BCUT2D eigenvalue weighted by Crippen LogP contribution is -2.32. The number of rotatable bonds is 5. The summed E-state index contributed by atoms with van der Waals surface area (Å²) in [6.45, 7) is 1.34. The average molecular weight is 245 g/mol. The second-order valence-electron chi connectivity index (χ2n) is 4.77. The molecule has 3 rings (SSSR count). The van der Waals surface area contributed by atoms with Crippen molar-refractivity contribution < 1.29 is 9.59 Å². The molecule has 0 bridgehead atoms. The number of pyridine rings is 1. The smallest absolute Gasteiger partial charge is 0.263 e. The van der Waals surface area contributed by atoms with Crippen LogP contribution in [0.1, 0.15) is 40.0 Å². The molecule has 2 aliphatic rings. The molecule has 1 aliphatic heterocycles. The van der Waals surface area contributed by atoms with Crippen LogP contribution in [0.15, 0.2) is 18.5 Å². The molecule has 0 atom stereocenters. The summed E-state index contributed by atoms with van der Waals surface area (Å²) in [6.07, 6.45) is 6.31. The fraction of sp³-hybridized carbons (Fsp3) is 0.462. The lowest BCUT2D eigenvalue weighted by Gasteiger charge is -2.13.